The molecule has 0 bridgehead atoms. The number of ether oxygens (including phenoxy) is 2. The van der Waals surface area contributed by atoms with E-state index < -0.39 is 23.0 Å². The highest BCUT2D eigenvalue weighted by molar-refractivity contribution is 5.82. The van der Waals surface area contributed by atoms with Crippen molar-refractivity contribution in [2.75, 3.05) is 0 Å². The van der Waals surface area contributed by atoms with E-state index in [9.17, 15) is 9.59 Å². The van der Waals surface area contributed by atoms with Crippen LogP contribution in [0.5, 0.6) is 0 Å². The fourth-order valence-corrected chi connectivity index (χ4v) is 7.81. The number of benzene rings is 4. The van der Waals surface area contributed by atoms with Crippen LogP contribution < -0.4 is 0 Å². The Kier molecular flexibility index (Phi) is 13.1. The highest BCUT2D eigenvalue weighted by atomic mass is 16.6. The molecule has 282 valence electrons. The van der Waals surface area contributed by atoms with Crippen molar-refractivity contribution in [2.24, 2.45) is 10.8 Å². The second kappa shape index (κ2) is 17.3. The SMILES string of the molecule is CCCCCCC1(CCCCCC)c2ccccc2-c2ccc(C(OC(=O)C(C)(C)C)c3ccccc3C(OC(=O)C(C)(C)C)c3ccccc3)cc21. The maximum Gasteiger partial charge on any atom is 0.312 e. The lowest BCUT2D eigenvalue weighted by Crippen LogP contribution is -2.28. The van der Waals surface area contributed by atoms with E-state index in [1.54, 1.807) is 0 Å². The molecule has 4 aromatic carbocycles. The molecular weight excluding hydrogens is 653 g/mol. The van der Waals surface area contributed by atoms with Crippen molar-refractivity contribution < 1.29 is 19.1 Å². The molecule has 53 heavy (non-hydrogen) atoms. The number of rotatable bonds is 16. The van der Waals surface area contributed by atoms with Crippen LogP contribution in [0.15, 0.2) is 97.1 Å². The molecule has 2 unspecified atom stereocenters. The normalized spacial score (nSPS) is 14.6. The molecule has 0 amide bonds. The maximum atomic E-state index is 13.9. The first-order valence-corrected chi connectivity index (χ1v) is 20.1. The first kappa shape index (κ1) is 40.0. The molecule has 1 aliphatic rings. The van der Waals surface area contributed by atoms with Gasteiger partial charge in [-0.15, -0.1) is 0 Å². The monoisotopic (exact) mass is 714 g/mol. The lowest BCUT2D eigenvalue weighted by atomic mass is 9.70. The molecule has 0 saturated heterocycles. The Labute approximate surface area is 319 Å². The fraction of sp³-hybridized carbons (Fsp3) is 0.469. The van der Waals surface area contributed by atoms with E-state index in [0.717, 1.165) is 35.1 Å². The number of hydrogen-bond acceptors (Lipinski definition) is 4. The van der Waals surface area contributed by atoms with Crippen molar-refractivity contribution in [1.29, 1.82) is 0 Å². The van der Waals surface area contributed by atoms with Gasteiger partial charge in [0.25, 0.3) is 0 Å². The van der Waals surface area contributed by atoms with E-state index in [-0.39, 0.29) is 17.4 Å². The van der Waals surface area contributed by atoms with Crippen LogP contribution in [0.3, 0.4) is 0 Å². The second-order valence-corrected chi connectivity index (χ2v) is 17.2. The van der Waals surface area contributed by atoms with E-state index in [1.165, 1.54) is 73.6 Å². The maximum absolute atomic E-state index is 13.9. The molecular formula is C49H62O4. The molecule has 4 heteroatoms. The van der Waals surface area contributed by atoms with Gasteiger partial charge in [-0.1, -0.05) is 162 Å². The molecule has 0 fully saturated rings. The summed E-state index contributed by atoms with van der Waals surface area (Å²) < 4.78 is 13.0. The van der Waals surface area contributed by atoms with E-state index in [0.29, 0.717) is 0 Å². The van der Waals surface area contributed by atoms with Gasteiger partial charge in [-0.25, -0.2) is 0 Å². The first-order valence-electron chi connectivity index (χ1n) is 20.1. The van der Waals surface area contributed by atoms with Crippen LogP contribution in [0.25, 0.3) is 11.1 Å². The quantitative estimate of drug-likeness (QED) is 0.0856. The summed E-state index contributed by atoms with van der Waals surface area (Å²) >= 11 is 0. The van der Waals surface area contributed by atoms with Crippen LogP contribution in [-0.2, 0) is 24.5 Å². The number of carbonyl (C=O) groups is 2. The van der Waals surface area contributed by atoms with Crippen LogP contribution >= 0.6 is 0 Å². The van der Waals surface area contributed by atoms with Crippen molar-refractivity contribution in [2.45, 2.75) is 137 Å². The number of carbonyl (C=O) groups excluding carboxylic acids is 2. The van der Waals surface area contributed by atoms with Crippen LogP contribution in [0.2, 0.25) is 0 Å². The summed E-state index contributed by atoms with van der Waals surface area (Å²) in [7, 11) is 0. The molecule has 0 aliphatic heterocycles. The van der Waals surface area contributed by atoms with Crippen molar-refractivity contribution >= 4 is 11.9 Å². The van der Waals surface area contributed by atoms with Gasteiger partial charge in [-0.05, 0) is 87.8 Å². The van der Waals surface area contributed by atoms with Gasteiger partial charge in [0.1, 0.15) is 0 Å². The number of unbranched alkanes of at least 4 members (excludes halogenated alkanes) is 6. The largest absolute Gasteiger partial charge is 0.452 e. The summed E-state index contributed by atoms with van der Waals surface area (Å²) in [5.74, 6) is -0.579. The molecule has 2 atom stereocenters. The molecule has 4 nitrogen and oxygen atoms in total. The minimum Gasteiger partial charge on any atom is -0.452 e. The zero-order valence-electron chi connectivity index (χ0n) is 33.6. The van der Waals surface area contributed by atoms with Gasteiger partial charge >= 0.3 is 11.9 Å². The highest BCUT2D eigenvalue weighted by Gasteiger charge is 2.43. The third kappa shape index (κ3) is 9.14. The Morgan fingerprint density at radius 1 is 0.528 bits per heavy atom. The smallest absolute Gasteiger partial charge is 0.312 e. The molecule has 0 radical (unpaired) electrons. The molecule has 0 spiro atoms. The lowest BCUT2D eigenvalue weighted by molar-refractivity contribution is -0.159. The molecule has 0 heterocycles. The minimum absolute atomic E-state index is 0.115. The van der Waals surface area contributed by atoms with Gasteiger partial charge in [0.2, 0.25) is 0 Å². The average molecular weight is 715 g/mol. The minimum atomic E-state index is -0.722. The van der Waals surface area contributed by atoms with Crippen molar-refractivity contribution in [3.05, 3.63) is 130 Å². The van der Waals surface area contributed by atoms with Crippen molar-refractivity contribution in [3.63, 3.8) is 0 Å². The van der Waals surface area contributed by atoms with Gasteiger partial charge < -0.3 is 9.47 Å². The van der Waals surface area contributed by atoms with Gasteiger partial charge in [0.15, 0.2) is 12.2 Å². The molecule has 5 rings (SSSR count). The Hall–Kier alpha value is -4.18. The summed E-state index contributed by atoms with van der Waals surface area (Å²) in [5.41, 5.74) is 7.25. The van der Waals surface area contributed by atoms with E-state index in [1.807, 2.05) is 96.1 Å². The third-order valence-corrected chi connectivity index (χ3v) is 10.8. The number of fused-ring (bicyclic) bond motifs is 3. The summed E-state index contributed by atoms with van der Waals surface area (Å²) in [4.78, 5) is 27.5. The third-order valence-electron chi connectivity index (χ3n) is 10.8. The predicted molar refractivity (Wildman–Crippen MR) is 218 cm³/mol. The Morgan fingerprint density at radius 3 is 1.53 bits per heavy atom. The highest BCUT2D eigenvalue weighted by Crippen LogP contribution is 2.55. The van der Waals surface area contributed by atoms with Gasteiger partial charge in [-0.2, -0.15) is 0 Å². The molecule has 0 N–H and O–H groups in total. The molecule has 0 saturated carbocycles. The van der Waals surface area contributed by atoms with Crippen LogP contribution in [0.4, 0.5) is 0 Å². The molecule has 1 aliphatic carbocycles. The zero-order chi connectivity index (χ0) is 38.2. The van der Waals surface area contributed by atoms with Gasteiger partial charge in [-0.3, -0.25) is 9.59 Å². The second-order valence-electron chi connectivity index (χ2n) is 17.2. The van der Waals surface area contributed by atoms with Crippen LogP contribution in [-0.4, -0.2) is 11.9 Å². The van der Waals surface area contributed by atoms with Gasteiger partial charge in [0, 0.05) is 16.5 Å². The van der Waals surface area contributed by atoms with E-state index in [2.05, 4.69) is 56.3 Å². The first-order chi connectivity index (χ1) is 25.3. The molecule has 0 aromatic heterocycles. The summed E-state index contributed by atoms with van der Waals surface area (Å²) in [6.45, 7) is 15.9. The standard InChI is InChI=1S/C49H62O4/c1-9-11-13-22-32-49(33-23-14-12-10-2)41-29-21-20-26-37(41)38-31-30-36(34-42(38)49)44(53-46(51)48(6,7)8)40-28-19-18-27-39(40)43(35-24-16-15-17-25-35)52-45(50)47(3,4)5/h15-21,24-31,34,43-44H,9-14,22-23,32-33H2,1-8H3. The van der Waals surface area contributed by atoms with Crippen LogP contribution in [0, 0.1) is 10.8 Å². The van der Waals surface area contributed by atoms with Crippen molar-refractivity contribution in [1.82, 2.24) is 0 Å². The Bertz CT molecular complexity index is 1810. The Morgan fingerprint density at radius 2 is 1.00 bits per heavy atom. The Balaban J connectivity index is 1.70. The van der Waals surface area contributed by atoms with Crippen LogP contribution in [0.1, 0.15) is 165 Å². The molecule has 4 aromatic rings. The predicted octanol–water partition coefficient (Wildman–Crippen LogP) is 13.3. The summed E-state index contributed by atoms with van der Waals surface area (Å²) in [6.07, 6.45) is 10.4. The topological polar surface area (TPSA) is 52.6 Å². The van der Waals surface area contributed by atoms with E-state index >= 15 is 0 Å². The number of esters is 2. The van der Waals surface area contributed by atoms with Gasteiger partial charge in [0.05, 0.1) is 10.8 Å². The van der Waals surface area contributed by atoms with E-state index in [4.69, 9.17) is 9.47 Å². The summed E-state index contributed by atoms with van der Waals surface area (Å²) in [6, 6.07) is 33.6. The van der Waals surface area contributed by atoms with Crippen molar-refractivity contribution in [3.8, 4) is 11.1 Å². The summed E-state index contributed by atoms with van der Waals surface area (Å²) in [5, 5.41) is 0. The average Bonchev–Trinajstić information content (AvgIpc) is 3.41. The zero-order valence-corrected chi connectivity index (χ0v) is 33.6. The fourth-order valence-electron chi connectivity index (χ4n) is 7.81. The lowest BCUT2D eigenvalue weighted by Gasteiger charge is -2.34. The number of hydrogen-bond donors (Lipinski definition) is 0.